The van der Waals surface area contributed by atoms with E-state index in [1.54, 1.807) is 24.4 Å². The second-order valence-corrected chi connectivity index (χ2v) is 7.50. The first kappa shape index (κ1) is 18.2. The number of para-hydroxylation sites is 1. The minimum Gasteiger partial charge on any atom is -0.478 e. The Hall–Kier alpha value is -3.18. The van der Waals surface area contributed by atoms with Crippen molar-refractivity contribution in [1.29, 1.82) is 0 Å². The molecule has 0 fully saturated rings. The van der Waals surface area contributed by atoms with E-state index in [0.717, 1.165) is 16.8 Å². The van der Waals surface area contributed by atoms with Crippen molar-refractivity contribution in [3.05, 3.63) is 82.6 Å². The molecular weight excluding hydrogens is 374 g/mol. The van der Waals surface area contributed by atoms with Gasteiger partial charge in [0.05, 0.1) is 21.8 Å². The van der Waals surface area contributed by atoms with E-state index < -0.39 is 11.5 Å². The number of anilines is 1. The lowest BCUT2D eigenvalue weighted by molar-refractivity contribution is 0.0697. The van der Waals surface area contributed by atoms with Crippen molar-refractivity contribution in [3.63, 3.8) is 0 Å². The van der Waals surface area contributed by atoms with Gasteiger partial charge in [0.2, 0.25) is 0 Å². The summed E-state index contributed by atoms with van der Waals surface area (Å²) in [5, 5.41) is 13.3. The number of nitrogens with one attached hydrogen (secondary N) is 1. The maximum atomic E-state index is 11.5. The standard InChI is InChI=1S/C22H18ClN3O2/c1-22(2)16-8-5-9-17(23)19(16)25-20(26-22)18-11-10-13(12-24-18)14-6-3-4-7-15(14)21(27)28/h3-12H,1-2H3,(H,25,26)(H,27,28). The third-order valence-electron chi connectivity index (χ3n) is 4.78. The molecule has 0 saturated heterocycles. The number of fused-ring (bicyclic) bond motifs is 1. The van der Waals surface area contributed by atoms with E-state index in [4.69, 9.17) is 16.6 Å². The number of aliphatic imine (C=N–C) groups is 1. The number of nitrogens with zero attached hydrogens (tertiary/aromatic N) is 2. The molecule has 2 N–H and O–H groups in total. The largest absolute Gasteiger partial charge is 0.478 e. The van der Waals surface area contributed by atoms with Crippen LogP contribution >= 0.6 is 11.6 Å². The molecule has 0 spiro atoms. The van der Waals surface area contributed by atoms with E-state index in [9.17, 15) is 9.90 Å². The number of aromatic carboxylic acids is 1. The summed E-state index contributed by atoms with van der Waals surface area (Å²) in [6.45, 7) is 4.06. The number of benzene rings is 2. The third kappa shape index (κ3) is 3.14. The minimum absolute atomic E-state index is 0.243. The monoisotopic (exact) mass is 391 g/mol. The van der Waals surface area contributed by atoms with Gasteiger partial charge in [0, 0.05) is 17.3 Å². The van der Waals surface area contributed by atoms with Crippen LogP contribution in [0.5, 0.6) is 0 Å². The van der Waals surface area contributed by atoms with Crippen LogP contribution in [0.2, 0.25) is 5.02 Å². The summed E-state index contributed by atoms with van der Waals surface area (Å²) in [6.07, 6.45) is 1.66. The molecule has 2 aromatic carbocycles. The van der Waals surface area contributed by atoms with Crippen LogP contribution in [0, 0.1) is 0 Å². The Balaban J connectivity index is 1.72. The third-order valence-corrected chi connectivity index (χ3v) is 5.10. The highest BCUT2D eigenvalue weighted by molar-refractivity contribution is 6.34. The molecule has 1 aromatic heterocycles. The Morgan fingerprint density at radius 1 is 1.07 bits per heavy atom. The van der Waals surface area contributed by atoms with Gasteiger partial charge in [0.25, 0.3) is 0 Å². The van der Waals surface area contributed by atoms with E-state index >= 15 is 0 Å². The molecule has 0 saturated carbocycles. The number of pyridine rings is 1. The van der Waals surface area contributed by atoms with E-state index in [-0.39, 0.29) is 5.56 Å². The first-order chi connectivity index (χ1) is 13.4. The van der Waals surface area contributed by atoms with Gasteiger partial charge >= 0.3 is 5.97 Å². The number of carboxylic acid groups (broad SMARTS) is 1. The van der Waals surface area contributed by atoms with Gasteiger partial charge in [-0.1, -0.05) is 48.0 Å². The smallest absolute Gasteiger partial charge is 0.336 e. The Bertz CT molecular complexity index is 1110. The molecule has 0 bridgehead atoms. The maximum absolute atomic E-state index is 11.5. The summed E-state index contributed by atoms with van der Waals surface area (Å²) in [4.78, 5) is 20.8. The Morgan fingerprint density at radius 3 is 2.57 bits per heavy atom. The number of aromatic nitrogens is 1. The Morgan fingerprint density at radius 2 is 1.86 bits per heavy atom. The first-order valence-electron chi connectivity index (χ1n) is 8.82. The van der Waals surface area contributed by atoms with Crippen LogP contribution in [0.15, 0.2) is 65.8 Å². The molecule has 6 heteroatoms. The topological polar surface area (TPSA) is 74.6 Å². The van der Waals surface area contributed by atoms with Crippen molar-refractivity contribution in [1.82, 2.24) is 4.98 Å². The fourth-order valence-corrected chi connectivity index (χ4v) is 3.60. The lowest BCUT2D eigenvalue weighted by Crippen LogP contribution is -2.30. The second-order valence-electron chi connectivity index (χ2n) is 7.09. The summed E-state index contributed by atoms with van der Waals surface area (Å²) < 4.78 is 0. The molecule has 140 valence electrons. The Kier molecular flexibility index (Phi) is 4.40. The average molecular weight is 392 g/mol. The number of carbonyl (C=O) groups is 1. The predicted molar refractivity (Wildman–Crippen MR) is 111 cm³/mol. The van der Waals surface area contributed by atoms with Gasteiger partial charge in [0.1, 0.15) is 5.69 Å². The maximum Gasteiger partial charge on any atom is 0.336 e. The lowest BCUT2D eigenvalue weighted by atomic mass is 9.91. The van der Waals surface area contributed by atoms with Crippen LogP contribution in [-0.4, -0.2) is 21.9 Å². The van der Waals surface area contributed by atoms with Crippen LogP contribution < -0.4 is 5.32 Å². The quantitative estimate of drug-likeness (QED) is 0.642. The molecule has 2 heterocycles. The molecular formula is C22H18ClN3O2. The predicted octanol–water partition coefficient (Wildman–Crippen LogP) is 5.21. The van der Waals surface area contributed by atoms with Crippen molar-refractivity contribution >= 4 is 29.1 Å². The molecule has 1 aliphatic rings. The molecule has 0 radical (unpaired) electrons. The van der Waals surface area contributed by atoms with Gasteiger partial charge in [-0.2, -0.15) is 0 Å². The van der Waals surface area contributed by atoms with Gasteiger partial charge in [-0.25, -0.2) is 4.79 Å². The number of amidine groups is 1. The van der Waals surface area contributed by atoms with Crippen LogP contribution in [0.3, 0.4) is 0 Å². The summed E-state index contributed by atoms with van der Waals surface area (Å²) in [6, 6.07) is 16.3. The van der Waals surface area contributed by atoms with Crippen molar-refractivity contribution in [2.45, 2.75) is 19.4 Å². The average Bonchev–Trinajstić information content (AvgIpc) is 2.68. The van der Waals surface area contributed by atoms with E-state index in [1.807, 2.05) is 50.2 Å². The van der Waals surface area contributed by atoms with Gasteiger partial charge in [-0.05, 0) is 37.6 Å². The molecule has 5 nitrogen and oxygen atoms in total. The van der Waals surface area contributed by atoms with Crippen molar-refractivity contribution < 1.29 is 9.90 Å². The van der Waals surface area contributed by atoms with E-state index in [1.165, 1.54) is 0 Å². The van der Waals surface area contributed by atoms with Crippen molar-refractivity contribution in [2.24, 2.45) is 4.99 Å². The van der Waals surface area contributed by atoms with Crippen LogP contribution in [0.1, 0.15) is 35.5 Å². The molecule has 1 aliphatic heterocycles. The molecule has 0 aliphatic carbocycles. The highest BCUT2D eigenvalue weighted by Crippen LogP contribution is 2.39. The fourth-order valence-electron chi connectivity index (χ4n) is 3.38. The van der Waals surface area contributed by atoms with Gasteiger partial charge in [-0.15, -0.1) is 0 Å². The summed E-state index contributed by atoms with van der Waals surface area (Å²) in [7, 11) is 0. The fraction of sp³-hybridized carbons (Fsp3) is 0.136. The molecule has 4 rings (SSSR count). The highest BCUT2D eigenvalue weighted by Gasteiger charge is 2.30. The van der Waals surface area contributed by atoms with E-state index in [0.29, 0.717) is 22.1 Å². The summed E-state index contributed by atoms with van der Waals surface area (Å²) in [5.74, 6) is -0.338. The van der Waals surface area contributed by atoms with Gasteiger partial charge in [-0.3, -0.25) is 9.98 Å². The first-order valence-corrected chi connectivity index (χ1v) is 9.19. The van der Waals surface area contributed by atoms with Gasteiger partial charge in [0.15, 0.2) is 5.84 Å². The normalized spacial score (nSPS) is 14.6. The SMILES string of the molecule is CC1(C)N=C(c2ccc(-c3ccccc3C(=O)O)cn2)Nc2c(Cl)cccc21. The number of hydrogen-bond acceptors (Lipinski definition) is 4. The second kappa shape index (κ2) is 6.77. The van der Waals surface area contributed by atoms with Crippen LogP contribution in [0.25, 0.3) is 11.1 Å². The molecule has 0 atom stereocenters. The zero-order valence-electron chi connectivity index (χ0n) is 15.4. The van der Waals surface area contributed by atoms with E-state index in [2.05, 4.69) is 10.3 Å². The molecule has 0 amide bonds. The number of halogens is 1. The van der Waals surface area contributed by atoms with Gasteiger partial charge < -0.3 is 10.4 Å². The molecule has 0 unspecified atom stereocenters. The summed E-state index contributed by atoms with van der Waals surface area (Å²) in [5.41, 5.74) is 3.67. The number of rotatable bonds is 3. The van der Waals surface area contributed by atoms with Crippen LogP contribution in [0.4, 0.5) is 5.69 Å². The summed E-state index contributed by atoms with van der Waals surface area (Å²) >= 11 is 6.38. The minimum atomic E-state index is -0.967. The zero-order valence-corrected chi connectivity index (χ0v) is 16.2. The lowest BCUT2D eigenvalue weighted by Gasteiger charge is -2.31. The zero-order chi connectivity index (χ0) is 19.9. The van der Waals surface area contributed by atoms with Crippen LogP contribution in [-0.2, 0) is 5.54 Å². The van der Waals surface area contributed by atoms with Crippen molar-refractivity contribution in [3.8, 4) is 11.1 Å². The number of carboxylic acids is 1. The number of hydrogen-bond donors (Lipinski definition) is 2. The molecule has 3 aromatic rings. The highest BCUT2D eigenvalue weighted by atomic mass is 35.5. The Labute approximate surface area is 167 Å². The molecule has 28 heavy (non-hydrogen) atoms. The van der Waals surface area contributed by atoms with Crippen molar-refractivity contribution in [2.75, 3.05) is 5.32 Å².